The van der Waals surface area contributed by atoms with Crippen LogP contribution < -0.4 is 0 Å². The van der Waals surface area contributed by atoms with Gasteiger partial charge in [-0.3, -0.25) is 0 Å². The first-order valence-corrected chi connectivity index (χ1v) is 8.42. The van der Waals surface area contributed by atoms with Gasteiger partial charge in [0.1, 0.15) is 11.5 Å². The monoisotopic (exact) mass is 338 g/mol. The summed E-state index contributed by atoms with van der Waals surface area (Å²) in [5.41, 5.74) is 0. The molecule has 26 heavy (non-hydrogen) atoms. The maximum Gasteiger partial charge on any atom is 0.124 e. The van der Waals surface area contributed by atoms with Crippen LogP contribution in [0.4, 0.5) is 0 Å². The molecule has 0 spiro atoms. The molecule has 2 N–H and O–H groups in total. The lowest BCUT2D eigenvalue weighted by Crippen LogP contribution is -1.90. The average molecular weight is 338 g/mol. The molecule has 2 heteroatoms. The maximum absolute atomic E-state index is 10.8. The van der Waals surface area contributed by atoms with Gasteiger partial charge in [0.05, 0.1) is 2.74 Å². The van der Waals surface area contributed by atoms with Crippen LogP contribution in [0.25, 0.3) is 0 Å². The highest BCUT2D eigenvalue weighted by atomic mass is 16.3. The number of hydrogen-bond donors (Lipinski definition) is 2. The van der Waals surface area contributed by atoms with Gasteiger partial charge >= 0.3 is 0 Å². The molecule has 0 aliphatic heterocycles. The number of benzene rings is 4. The summed E-state index contributed by atoms with van der Waals surface area (Å²) in [7, 11) is 0. The van der Waals surface area contributed by atoms with E-state index in [1.807, 2.05) is 48.5 Å². The Balaban J connectivity index is 2.50. The first kappa shape index (κ1) is 12.8. The van der Waals surface area contributed by atoms with Crippen molar-refractivity contribution in [2.24, 2.45) is 0 Å². The van der Waals surface area contributed by atoms with Gasteiger partial charge < -0.3 is 10.2 Å². The number of phenols is 2. The predicted octanol–water partition coefficient (Wildman–Crippen LogP) is 4.56. The van der Waals surface area contributed by atoms with E-state index in [2.05, 4.69) is 0 Å². The van der Waals surface area contributed by atoms with E-state index in [0.29, 0.717) is 10.4 Å². The van der Waals surface area contributed by atoms with Gasteiger partial charge in [-0.25, -0.2) is 0 Å². The highest BCUT2D eigenvalue weighted by Crippen LogP contribution is 2.22. The minimum atomic E-state index is -0.200. The van der Waals surface area contributed by atoms with Crippen LogP contribution in [-0.2, 0) is 0 Å². The molecule has 1 aliphatic rings. The van der Waals surface area contributed by atoms with Crippen molar-refractivity contribution in [1.82, 2.24) is 0 Å². The average Bonchev–Trinajstić information content (AvgIpc) is 2.71. The lowest BCUT2D eigenvalue weighted by molar-refractivity contribution is 0.461. The van der Waals surface area contributed by atoms with E-state index in [1.165, 1.54) is 0 Å². The van der Waals surface area contributed by atoms with Crippen molar-refractivity contribution in [3.8, 4) is 11.5 Å². The first-order valence-electron chi connectivity index (χ1n) is 9.42. The number of phenolic OH excluding ortho intramolecular Hbond substituents is 2. The number of hydrogen-bond acceptors (Lipinski definition) is 2. The molecule has 124 valence electrons. The van der Waals surface area contributed by atoms with Crippen LogP contribution in [0.15, 0.2) is 84.9 Å². The second-order valence-corrected chi connectivity index (χ2v) is 6.32. The van der Waals surface area contributed by atoms with Crippen molar-refractivity contribution in [3.05, 3.63) is 127 Å². The third-order valence-electron chi connectivity index (χ3n) is 4.93. The summed E-state index contributed by atoms with van der Waals surface area (Å²) < 4.78 is 16.2. The van der Waals surface area contributed by atoms with Gasteiger partial charge in [0.25, 0.3) is 0 Å². The summed E-state index contributed by atoms with van der Waals surface area (Å²) in [4.78, 5) is 0. The molecule has 0 saturated heterocycles. The minimum absolute atomic E-state index is 0.0224. The Morgan fingerprint density at radius 1 is 0.462 bits per heavy atom. The van der Waals surface area contributed by atoms with Gasteiger partial charge in [0, 0.05) is 10.4 Å². The molecule has 0 aromatic heterocycles. The van der Waals surface area contributed by atoms with Gasteiger partial charge in [-0.05, 0) is 43.4 Å². The highest BCUT2D eigenvalue weighted by molar-refractivity contribution is 5.38. The Labute approximate surface area is 151 Å². The summed E-state index contributed by atoms with van der Waals surface area (Å²) in [6.45, 7) is 0. The predicted molar refractivity (Wildman–Crippen MR) is 99.8 cm³/mol. The third kappa shape index (κ3) is 1.99. The van der Waals surface area contributed by atoms with E-state index < -0.39 is 0 Å². The van der Waals surface area contributed by atoms with Crippen LogP contribution in [-0.4, -0.2) is 10.2 Å². The Hall–Kier alpha value is -3.52. The van der Waals surface area contributed by atoms with Crippen LogP contribution in [0.5, 0.6) is 11.5 Å². The van der Waals surface area contributed by atoms with Crippen molar-refractivity contribution in [1.29, 1.82) is 0 Å². The molecule has 0 heterocycles. The molecule has 5 rings (SSSR count). The van der Waals surface area contributed by atoms with Crippen molar-refractivity contribution in [3.63, 3.8) is 0 Å². The van der Waals surface area contributed by atoms with Crippen LogP contribution in [0, 0.1) is 41.7 Å². The second kappa shape index (κ2) is 5.50. The van der Waals surface area contributed by atoms with Gasteiger partial charge in [-0.1, -0.05) is 72.8 Å². The maximum atomic E-state index is 10.8. The van der Waals surface area contributed by atoms with E-state index >= 15 is 0 Å². The van der Waals surface area contributed by atoms with Crippen molar-refractivity contribution in [2.45, 2.75) is 0 Å². The van der Waals surface area contributed by atoms with Crippen LogP contribution in [0.2, 0.25) is 0 Å². The zero-order valence-corrected chi connectivity index (χ0v) is 13.8. The molecule has 4 aromatic carbocycles. The fraction of sp³-hybridized carbons (Fsp3) is 0. The van der Waals surface area contributed by atoms with Crippen molar-refractivity contribution >= 4 is 0 Å². The summed E-state index contributed by atoms with van der Waals surface area (Å²) in [6, 6.07) is 22.5. The molecular weight excluding hydrogens is 320 g/mol. The molecule has 0 saturated carbocycles. The van der Waals surface area contributed by atoms with Gasteiger partial charge in [-0.15, -0.1) is 0 Å². The van der Waals surface area contributed by atoms with E-state index in [0.717, 1.165) is 31.3 Å². The second-order valence-electron chi connectivity index (χ2n) is 6.32. The zero-order chi connectivity index (χ0) is 19.4. The van der Waals surface area contributed by atoms with E-state index in [1.54, 1.807) is 24.3 Å². The summed E-state index contributed by atoms with van der Waals surface area (Å²) in [6.07, 6.45) is 0. The Morgan fingerprint density at radius 3 is 1.15 bits per heavy atom. The molecular formula is C24H16O2. The Kier molecular flexibility index (Phi) is 2.70. The first-order chi connectivity index (χ1) is 13.6. The smallest absolute Gasteiger partial charge is 0.124 e. The quantitative estimate of drug-likeness (QED) is 0.434. The van der Waals surface area contributed by atoms with Crippen LogP contribution in [0.1, 0.15) is 2.74 Å². The summed E-state index contributed by atoms with van der Waals surface area (Å²) >= 11 is 0. The van der Waals surface area contributed by atoms with Crippen molar-refractivity contribution in [2.75, 3.05) is 0 Å². The third-order valence-corrected chi connectivity index (χ3v) is 4.93. The highest BCUT2D eigenvalue weighted by Gasteiger charge is 2.05. The molecule has 0 unspecified atom stereocenters. The number of rotatable bonds is 0. The Bertz CT molecular complexity index is 1540. The largest absolute Gasteiger partial charge is 0.507 e. The molecule has 0 radical (unpaired) electrons. The summed E-state index contributed by atoms with van der Waals surface area (Å²) in [5.74, 6) is -0.400. The van der Waals surface area contributed by atoms with Gasteiger partial charge in [0.2, 0.25) is 0 Å². The zero-order valence-electron chi connectivity index (χ0n) is 15.8. The Morgan fingerprint density at radius 2 is 0.769 bits per heavy atom. The molecule has 0 bridgehead atoms. The lowest BCUT2D eigenvalue weighted by atomic mass is 10.0. The lowest BCUT2D eigenvalue weighted by Gasteiger charge is -2.05. The summed E-state index contributed by atoms with van der Waals surface area (Å²) in [5, 5.41) is 27.7. The van der Waals surface area contributed by atoms with Crippen LogP contribution >= 0.6 is 0 Å². The van der Waals surface area contributed by atoms with E-state index in [-0.39, 0.29) is 23.6 Å². The molecule has 1 aliphatic carbocycles. The molecule has 4 aromatic rings. The number of fused-ring (bicyclic) bond motifs is 4. The standard InChI is InChI=1S/C24H16O2/c25-21-13-5-11-19-17-9-3-1-7-15(17)16-8-2-4-10-18(16)20-12-6-14-22(26)24(20)23(19)21/h1-14,25-26H/b16-15-,19-17-,20-18-,24-23-/i13D,14D. The van der Waals surface area contributed by atoms with Gasteiger partial charge in [-0.2, -0.15) is 0 Å². The van der Waals surface area contributed by atoms with E-state index in [9.17, 15) is 10.2 Å². The topological polar surface area (TPSA) is 40.5 Å². The number of aromatic hydroxyl groups is 2. The minimum Gasteiger partial charge on any atom is -0.507 e. The van der Waals surface area contributed by atoms with Crippen molar-refractivity contribution < 1.29 is 13.0 Å². The fourth-order valence-electron chi connectivity index (χ4n) is 3.83. The molecule has 0 amide bonds. The van der Waals surface area contributed by atoms with Crippen LogP contribution in [0.3, 0.4) is 0 Å². The molecule has 0 atom stereocenters. The van der Waals surface area contributed by atoms with Gasteiger partial charge in [0.15, 0.2) is 0 Å². The normalized spacial score (nSPS) is 18.0. The SMILES string of the molecule is [2H]c1ccc2/c(c1O)=c1/c(O)c([2H])cc/c1=c1\cccc\c1=c1/cccc/c1=2. The van der Waals surface area contributed by atoms with E-state index in [4.69, 9.17) is 2.74 Å². The molecule has 0 fully saturated rings. The fourth-order valence-corrected chi connectivity index (χ4v) is 3.83. The molecule has 2 nitrogen and oxygen atoms in total.